The van der Waals surface area contributed by atoms with Crippen molar-refractivity contribution in [3.8, 4) is 0 Å². The Morgan fingerprint density at radius 3 is 2.70 bits per heavy atom. The second kappa shape index (κ2) is 6.02. The molecule has 0 unspecified atom stereocenters. The fourth-order valence-electron chi connectivity index (χ4n) is 7.84. The Morgan fingerprint density at radius 2 is 2.00 bits per heavy atom. The quantitative estimate of drug-likeness (QED) is 0.527. The number of allylic oxidation sites excluding steroid dienone is 1. The Bertz CT molecular complexity index is 879. The molecule has 0 amide bonds. The van der Waals surface area contributed by atoms with Crippen molar-refractivity contribution in [1.82, 2.24) is 0 Å². The third-order valence-electron chi connectivity index (χ3n) is 9.32. The minimum atomic E-state index is -1.70. The van der Waals surface area contributed by atoms with Crippen molar-refractivity contribution in [3.63, 3.8) is 0 Å². The van der Waals surface area contributed by atoms with E-state index in [4.69, 9.17) is 9.47 Å². The number of epoxide rings is 1. The molecule has 5 rings (SSSR count). The highest BCUT2D eigenvalue weighted by Gasteiger charge is 2.86. The number of hydrogen-bond acceptors (Lipinski definition) is 7. The molecule has 0 aromatic heterocycles. The number of carbonyl (C=O) groups excluding carboxylic acids is 3. The van der Waals surface area contributed by atoms with E-state index in [9.17, 15) is 24.6 Å². The number of carbonyl (C=O) groups is 3. The third-order valence-corrected chi connectivity index (χ3v) is 9.32. The van der Waals surface area contributed by atoms with E-state index < -0.39 is 41.1 Å². The van der Waals surface area contributed by atoms with Gasteiger partial charge in [-0.2, -0.15) is 0 Å². The van der Waals surface area contributed by atoms with Gasteiger partial charge in [0.2, 0.25) is 5.78 Å². The van der Waals surface area contributed by atoms with Gasteiger partial charge in [0.05, 0.1) is 12.2 Å². The maximum absolute atomic E-state index is 13.0. The number of aliphatic hydroxyl groups excluding tert-OH is 1. The lowest BCUT2D eigenvalue weighted by atomic mass is 9.44. The predicted molar refractivity (Wildman–Crippen MR) is 104 cm³/mol. The van der Waals surface area contributed by atoms with Gasteiger partial charge in [0.25, 0.3) is 0 Å². The summed E-state index contributed by atoms with van der Waals surface area (Å²) >= 11 is 0. The van der Waals surface area contributed by atoms with Crippen molar-refractivity contribution >= 4 is 17.5 Å². The van der Waals surface area contributed by atoms with Gasteiger partial charge in [0.1, 0.15) is 11.2 Å². The predicted octanol–water partition coefficient (Wildman–Crippen LogP) is 1.48. The van der Waals surface area contributed by atoms with Gasteiger partial charge in [0.15, 0.2) is 12.4 Å². The van der Waals surface area contributed by atoms with E-state index in [0.717, 1.165) is 18.4 Å². The van der Waals surface area contributed by atoms with Crippen molar-refractivity contribution in [2.75, 3.05) is 6.61 Å². The van der Waals surface area contributed by atoms with Crippen molar-refractivity contribution < 1.29 is 34.1 Å². The number of Topliss-reactive ketones (excluding diaryl/α,β-unsaturated/α-hetero) is 1. The largest absolute Gasteiger partial charge is 0.458 e. The number of hydrogen-bond donors (Lipinski definition) is 2. The highest BCUT2D eigenvalue weighted by Crippen LogP contribution is 2.77. The van der Waals surface area contributed by atoms with Crippen LogP contribution < -0.4 is 0 Å². The van der Waals surface area contributed by atoms with Crippen LogP contribution in [0.4, 0.5) is 0 Å². The first-order chi connectivity index (χ1) is 14.0. The standard InChI is InChI=1S/C23H30O7/c1-12(24)29-11-17(27)22(28)10-18-23(30-18)15-5-4-13-8-14(25)6-7-20(13,2)19(15)16(26)9-21(22,23)3/h8,15-16,18-19,26,28H,4-7,9-11H2,1-3H3/t15-,16+,18+,19-,20+,21-,22+,23+/m1/s1. The number of ether oxygens (including phenoxy) is 2. The molecule has 1 heterocycles. The molecule has 1 spiro atoms. The third kappa shape index (κ3) is 2.24. The molecule has 0 aromatic rings. The number of esters is 1. The molecule has 0 bridgehead atoms. The van der Waals surface area contributed by atoms with E-state index in [1.807, 2.05) is 6.92 Å². The molecule has 164 valence electrons. The van der Waals surface area contributed by atoms with Gasteiger partial charge in [0, 0.05) is 25.2 Å². The van der Waals surface area contributed by atoms with Crippen LogP contribution in [0.15, 0.2) is 11.6 Å². The van der Waals surface area contributed by atoms with Crippen LogP contribution >= 0.6 is 0 Å². The van der Waals surface area contributed by atoms with E-state index in [1.165, 1.54) is 6.92 Å². The highest BCUT2D eigenvalue weighted by molar-refractivity contribution is 5.92. The number of fused-ring (bicyclic) bond motifs is 3. The van der Waals surface area contributed by atoms with Crippen molar-refractivity contribution in [2.24, 2.45) is 22.7 Å². The summed E-state index contributed by atoms with van der Waals surface area (Å²) in [5, 5.41) is 23.0. The second-order valence-electron chi connectivity index (χ2n) is 10.5. The van der Waals surface area contributed by atoms with E-state index in [1.54, 1.807) is 6.08 Å². The van der Waals surface area contributed by atoms with Gasteiger partial charge in [-0.25, -0.2) is 0 Å². The monoisotopic (exact) mass is 418 g/mol. The van der Waals surface area contributed by atoms with Crippen molar-refractivity contribution in [2.45, 2.75) is 82.7 Å². The zero-order valence-corrected chi connectivity index (χ0v) is 17.8. The van der Waals surface area contributed by atoms with Crippen LogP contribution in [0.25, 0.3) is 0 Å². The molecule has 4 fully saturated rings. The van der Waals surface area contributed by atoms with Crippen LogP contribution in [0, 0.1) is 22.7 Å². The van der Waals surface area contributed by atoms with Crippen LogP contribution in [0.1, 0.15) is 59.3 Å². The maximum Gasteiger partial charge on any atom is 0.303 e. The minimum absolute atomic E-state index is 0.00199. The lowest BCUT2D eigenvalue weighted by molar-refractivity contribution is -0.205. The zero-order valence-electron chi connectivity index (χ0n) is 17.8. The first-order valence-electron chi connectivity index (χ1n) is 11.0. The molecule has 2 N–H and O–H groups in total. The summed E-state index contributed by atoms with van der Waals surface area (Å²) in [5.41, 5.74) is -2.46. The fourth-order valence-corrected chi connectivity index (χ4v) is 7.84. The van der Waals surface area contributed by atoms with Crippen LogP contribution in [-0.4, -0.2) is 57.8 Å². The van der Waals surface area contributed by atoms with E-state index in [0.29, 0.717) is 12.8 Å². The molecule has 7 heteroatoms. The first kappa shape index (κ1) is 20.3. The smallest absolute Gasteiger partial charge is 0.303 e. The maximum atomic E-state index is 13.0. The summed E-state index contributed by atoms with van der Waals surface area (Å²) in [4.78, 5) is 36.2. The first-order valence-corrected chi connectivity index (χ1v) is 11.0. The highest BCUT2D eigenvalue weighted by atomic mass is 16.6. The topological polar surface area (TPSA) is 113 Å². The van der Waals surface area contributed by atoms with Gasteiger partial charge in [-0.05, 0) is 49.0 Å². The number of aliphatic hydroxyl groups is 2. The molecule has 0 aromatic carbocycles. The van der Waals surface area contributed by atoms with Crippen LogP contribution in [0.2, 0.25) is 0 Å². The van der Waals surface area contributed by atoms with Crippen molar-refractivity contribution in [3.05, 3.63) is 11.6 Å². The Morgan fingerprint density at radius 1 is 1.27 bits per heavy atom. The average Bonchev–Trinajstić information content (AvgIpc) is 3.34. The average molecular weight is 418 g/mol. The Kier molecular flexibility index (Phi) is 4.08. The second-order valence-corrected chi connectivity index (χ2v) is 10.5. The molecule has 5 aliphatic rings. The molecule has 3 saturated carbocycles. The van der Waals surface area contributed by atoms with Crippen LogP contribution in [0.5, 0.6) is 0 Å². The molecule has 7 nitrogen and oxygen atoms in total. The van der Waals surface area contributed by atoms with E-state index in [2.05, 4.69) is 6.92 Å². The van der Waals surface area contributed by atoms with Gasteiger partial charge in [-0.15, -0.1) is 0 Å². The normalized spacial score (nSPS) is 51.1. The molecule has 1 saturated heterocycles. The fraction of sp³-hybridized carbons (Fsp3) is 0.783. The molecular formula is C23H30O7. The molecule has 8 atom stereocenters. The summed E-state index contributed by atoms with van der Waals surface area (Å²) in [7, 11) is 0. The summed E-state index contributed by atoms with van der Waals surface area (Å²) in [6, 6.07) is 0. The summed E-state index contributed by atoms with van der Waals surface area (Å²) in [5.74, 6) is -1.01. The van der Waals surface area contributed by atoms with E-state index >= 15 is 0 Å². The summed E-state index contributed by atoms with van der Waals surface area (Å²) in [6.07, 6.45) is 3.94. The SMILES string of the molecule is CC(=O)OCC(=O)[C@@]1(O)C[C@@H]2O[C@@]23[C@@H]2CCC4=CC(=O)CC[C@]4(C)[C@H]2[C@@H](O)C[C@@]31C. The summed E-state index contributed by atoms with van der Waals surface area (Å²) in [6.45, 7) is 4.76. The number of ketones is 2. The van der Waals surface area contributed by atoms with Gasteiger partial charge in [-0.1, -0.05) is 19.4 Å². The van der Waals surface area contributed by atoms with Gasteiger partial charge >= 0.3 is 5.97 Å². The lowest BCUT2D eigenvalue weighted by Gasteiger charge is -2.60. The lowest BCUT2D eigenvalue weighted by Crippen LogP contribution is -2.67. The molecule has 30 heavy (non-hydrogen) atoms. The van der Waals surface area contributed by atoms with Crippen molar-refractivity contribution in [1.29, 1.82) is 0 Å². The molecular weight excluding hydrogens is 388 g/mol. The zero-order chi connectivity index (χ0) is 21.7. The van der Waals surface area contributed by atoms with Gasteiger partial charge in [-0.3, -0.25) is 14.4 Å². The minimum Gasteiger partial charge on any atom is -0.458 e. The van der Waals surface area contributed by atoms with Crippen LogP contribution in [0.3, 0.4) is 0 Å². The molecule has 4 aliphatic carbocycles. The Balaban J connectivity index is 1.52. The van der Waals surface area contributed by atoms with Crippen LogP contribution in [-0.2, 0) is 23.9 Å². The summed E-state index contributed by atoms with van der Waals surface area (Å²) < 4.78 is 11.2. The van der Waals surface area contributed by atoms with Gasteiger partial charge < -0.3 is 19.7 Å². The Labute approximate surface area is 175 Å². The van der Waals surface area contributed by atoms with E-state index in [-0.39, 0.29) is 42.0 Å². The Hall–Kier alpha value is -1.57. The number of rotatable bonds is 3. The molecule has 1 aliphatic heterocycles. The molecule has 0 radical (unpaired) electrons.